The second-order valence-electron chi connectivity index (χ2n) is 14.2. The predicted octanol–water partition coefficient (Wildman–Crippen LogP) is 15.1. The van der Waals surface area contributed by atoms with Crippen molar-refractivity contribution in [2.45, 2.75) is 91.9 Å². The number of hydrogen-bond acceptors (Lipinski definition) is 8. The van der Waals surface area contributed by atoms with E-state index < -0.39 is 0 Å². The first-order valence-electron chi connectivity index (χ1n) is 19.1. The van der Waals surface area contributed by atoms with Crippen LogP contribution in [0.2, 0.25) is 0 Å². The van der Waals surface area contributed by atoms with Crippen molar-refractivity contribution in [3.05, 3.63) is 88.8 Å². The summed E-state index contributed by atoms with van der Waals surface area (Å²) in [5, 5.41) is 9.93. The molecule has 3 aromatic heterocycles. The van der Waals surface area contributed by atoms with Crippen LogP contribution in [-0.2, 0) is 24.2 Å². The van der Waals surface area contributed by atoms with Gasteiger partial charge in [0.2, 0.25) is 0 Å². The highest BCUT2D eigenvalue weighted by Gasteiger charge is 2.28. The van der Waals surface area contributed by atoms with Crippen molar-refractivity contribution in [1.29, 1.82) is 5.26 Å². The summed E-state index contributed by atoms with van der Waals surface area (Å²) < 4.78 is 19.5. The first-order chi connectivity index (χ1) is 26.5. The van der Waals surface area contributed by atoms with E-state index in [1.807, 2.05) is 12.1 Å². The number of hydrogen-bond donors (Lipinski definition) is 0. The van der Waals surface area contributed by atoms with Crippen molar-refractivity contribution in [3.63, 3.8) is 0 Å². The maximum absolute atomic E-state index is 9.93. The molecule has 0 aliphatic carbocycles. The number of thiophene rings is 2. The van der Waals surface area contributed by atoms with Crippen LogP contribution in [0.15, 0.2) is 69.4 Å². The Kier molecular flexibility index (Phi) is 12.3. The monoisotopic (exact) mass is 784 g/mol. The molecule has 0 saturated carbocycles. The molecular weight excluding hydrogens is 741 g/mol. The van der Waals surface area contributed by atoms with Gasteiger partial charge >= 0.3 is 0 Å². The first kappa shape index (κ1) is 38.0. The third kappa shape index (κ3) is 7.76. The van der Waals surface area contributed by atoms with E-state index in [9.17, 15) is 5.26 Å². The molecule has 10 heteroatoms. The Morgan fingerprint density at radius 3 is 1.72 bits per heavy atom. The van der Waals surface area contributed by atoms with Crippen LogP contribution in [-0.4, -0.2) is 8.75 Å². The topological polar surface area (TPSA) is 78.6 Å². The number of unbranched alkanes of at least 4 members (excludes halogenated alkanes) is 2. The Hall–Kier alpha value is -4.32. The fourth-order valence-corrected chi connectivity index (χ4v) is 10.7. The molecule has 274 valence electrons. The summed E-state index contributed by atoms with van der Waals surface area (Å²) >= 11 is 5.91. The standard InChI is InChI=1S/C44H44N6S4/c1-6-10-12-27(8-3)22-32-24-29(14-15-31(32)26-45)35-18-20-37(51-35)39-41-43(49-53-47-41)40(44-42(39)48-54-50-44)38-21-19-36(52-38)30-16-17-34(46-5)33(25-30)23-28(9-4)13-11-7-2/h14-21,24-25,27-28H,6-13,22-23H2,1-4H3. The number of benzene rings is 3. The number of fused-ring (bicyclic) bond motifs is 2. The third-order valence-corrected chi connectivity index (χ3v) is 14.1. The van der Waals surface area contributed by atoms with E-state index in [2.05, 4.69) is 87.1 Å². The molecule has 0 spiro atoms. The summed E-state index contributed by atoms with van der Waals surface area (Å²) in [6.07, 6.45) is 11.3. The summed E-state index contributed by atoms with van der Waals surface area (Å²) in [6.45, 7) is 16.8. The number of rotatable bonds is 16. The minimum Gasteiger partial charge on any atom is -0.238 e. The normalized spacial score (nSPS) is 13.1. The Labute approximate surface area is 335 Å². The molecule has 1 aliphatic rings. The fraction of sp³-hybridized carbons (Fsp3) is 0.364. The predicted molar refractivity (Wildman–Crippen MR) is 231 cm³/mol. The molecule has 6 aromatic rings. The number of nitrogens with zero attached hydrogens (tertiary/aromatic N) is 6. The van der Waals surface area contributed by atoms with Crippen molar-refractivity contribution in [3.8, 4) is 47.8 Å². The molecule has 2 atom stereocenters. The van der Waals surface area contributed by atoms with Gasteiger partial charge in [0.15, 0.2) is 5.69 Å². The SMILES string of the molecule is [C-]#[N+]c1ccc(-c2ccc(-c3c4c(c(-c5ccc(-c6ccc(C#N)c(CC(CC)CCCC)c6)s5)c5nsnc35)N=S=N4)s2)cc1CC(CC)CCCC. The molecule has 3 aromatic carbocycles. The Balaban J connectivity index is 1.23. The zero-order valence-electron chi connectivity index (χ0n) is 31.3. The summed E-state index contributed by atoms with van der Waals surface area (Å²) in [7, 11) is 0. The zero-order chi connectivity index (χ0) is 37.6. The minimum absolute atomic E-state index is 0.580. The lowest BCUT2D eigenvalue weighted by Gasteiger charge is -2.16. The summed E-state index contributed by atoms with van der Waals surface area (Å²) in [4.78, 5) is 8.35. The number of aromatic nitrogens is 2. The van der Waals surface area contributed by atoms with Gasteiger partial charge in [-0.05, 0) is 83.3 Å². The van der Waals surface area contributed by atoms with E-state index >= 15 is 0 Å². The molecule has 1 aliphatic heterocycles. The van der Waals surface area contributed by atoms with Gasteiger partial charge in [0.05, 0.1) is 41.3 Å². The van der Waals surface area contributed by atoms with Gasteiger partial charge in [-0.25, -0.2) is 4.85 Å². The van der Waals surface area contributed by atoms with Crippen LogP contribution in [0.3, 0.4) is 0 Å². The lowest BCUT2D eigenvalue weighted by atomic mass is 9.89. The minimum atomic E-state index is 0.580. The summed E-state index contributed by atoms with van der Waals surface area (Å²) in [5.74, 6) is 1.17. The summed E-state index contributed by atoms with van der Waals surface area (Å²) in [5.41, 5.74) is 11.4. The molecule has 2 unspecified atom stereocenters. The molecule has 6 nitrogen and oxygen atoms in total. The zero-order valence-corrected chi connectivity index (χ0v) is 34.6. The third-order valence-electron chi connectivity index (χ3n) is 10.7. The molecule has 7 rings (SSSR count). The molecule has 0 saturated heterocycles. The fourth-order valence-electron chi connectivity index (χ4n) is 7.52. The molecule has 0 fully saturated rings. The van der Waals surface area contributed by atoms with Gasteiger partial charge in [-0.3, -0.25) is 0 Å². The van der Waals surface area contributed by atoms with Crippen LogP contribution in [0.25, 0.3) is 57.6 Å². The van der Waals surface area contributed by atoms with Gasteiger partial charge in [0.25, 0.3) is 0 Å². The second kappa shape index (κ2) is 17.4. The van der Waals surface area contributed by atoms with Crippen molar-refractivity contribution in [1.82, 2.24) is 8.75 Å². The smallest absolute Gasteiger partial charge is 0.190 e. The number of nitriles is 1. The highest BCUT2D eigenvalue weighted by Crippen LogP contribution is 2.54. The molecule has 54 heavy (non-hydrogen) atoms. The van der Waals surface area contributed by atoms with Crippen LogP contribution >= 0.6 is 34.4 Å². The Bertz CT molecular complexity index is 2290. The maximum Gasteiger partial charge on any atom is 0.190 e. The Morgan fingerprint density at radius 2 is 1.20 bits per heavy atom. The summed E-state index contributed by atoms with van der Waals surface area (Å²) in [6, 6.07) is 23.7. The van der Waals surface area contributed by atoms with Crippen molar-refractivity contribution >= 4 is 73.9 Å². The average molecular weight is 785 g/mol. The van der Waals surface area contributed by atoms with Gasteiger partial charge in [-0.2, -0.15) is 22.7 Å². The highest BCUT2D eigenvalue weighted by atomic mass is 32.1. The molecule has 0 N–H and O–H groups in total. The Morgan fingerprint density at radius 1 is 0.685 bits per heavy atom. The van der Waals surface area contributed by atoms with E-state index in [0.29, 0.717) is 11.8 Å². The maximum atomic E-state index is 9.93. The van der Waals surface area contributed by atoms with Gasteiger partial charge in [-0.15, -0.1) is 22.7 Å². The van der Waals surface area contributed by atoms with Crippen LogP contribution in [0.1, 0.15) is 95.8 Å². The van der Waals surface area contributed by atoms with E-state index in [0.717, 1.165) is 112 Å². The first-order valence-corrected chi connectivity index (χ1v) is 22.2. The van der Waals surface area contributed by atoms with Gasteiger partial charge in [-0.1, -0.05) is 103 Å². The largest absolute Gasteiger partial charge is 0.238 e. The van der Waals surface area contributed by atoms with Gasteiger partial charge in [0, 0.05) is 30.6 Å². The molecule has 0 bridgehead atoms. The quantitative estimate of drug-likeness (QED) is 0.0915. The van der Waals surface area contributed by atoms with Crippen molar-refractivity contribution < 1.29 is 0 Å². The van der Waals surface area contributed by atoms with E-state index in [1.54, 1.807) is 22.7 Å². The highest BCUT2D eigenvalue weighted by molar-refractivity contribution is 7.58. The molecule has 0 amide bonds. The van der Waals surface area contributed by atoms with Crippen LogP contribution in [0.5, 0.6) is 0 Å². The van der Waals surface area contributed by atoms with Gasteiger partial charge < -0.3 is 0 Å². The molecular formula is C44H44N6S4. The van der Waals surface area contributed by atoms with Crippen molar-refractivity contribution in [2.24, 2.45) is 20.6 Å². The van der Waals surface area contributed by atoms with Crippen LogP contribution in [0.4, 0.5) is 17.1 Å². The molecule has 0 radical (unpaired) electrons. The van der Waals surface area contributed by atoms with Crippen LogP contribution in [0, 0.1) is 29.7 Å². The van der Waals surface area contributed by atoms with E-state index in [-0.39, 0.29) is 0 Å². The molecule has 4 heterocycles. The van der Waals surface area contributed by atoms with Crippen LogP contribution < -0.4 is 0 Å². The lowest BCUT2D eigenvalue weighted by Crippen LogP contribution is -2.05. The lowest BCUT2D eigenvalue weighted by molar-refractivity contribution is 0.449. The van der Waals surface area contributed by atoms with E-state index in [4.69, 9.17) is 24.0 Å². The second-order valence-corrected chi connectivity index (χ2v) is 17.4. The average Bonchev–Trinajstić information content (AvgIpc) is 4.05. The van der Waals surface area contributed by atoms with E-state index in [1.165, 1.54) is 61.6 Å². The van der Waals surface area contributed by atoms with Gasteiger partial charge in [0.1, 0.15) is 22.4 Å². The van der Waals surface area contributed by atoms with Crippen molar-refractivity contribution in [2.75, 3.05) is 0 Å².